The molecule has 1 aliphatic heterocycles. The zero-order valence-electron chi connectivity index (χ0n) is 25.1. The van der Waals surface area contributed by atoms with Crippen LogP contribution in [-0.4, -0.2) is 41.3 Å². The largest absolute Gasteiger partial charge is 0.489 e. The highest BCUT2D eigenvalue weighted by Gasteiger charge is 2.34. The number of likely N-dealkylation sites (tertiary alicyclic amines) is 1. The van der Waals surface area contributed by atoms with Gasteiger partial charge in [0.2, 0.25) is 0 Å². The highest BCUT2D eigenvalue weighted by molar-refractivity contribution is 6.16. The van der Waals surface area contributed by atoms with Crippen LogP contribution in [-0.2, 0) is 28.9 Å². The van der Waals surface area contributed by atoms with E-state index in [0.29, 0.717) is 29.0 Å². The Bertz CT molecular complexity index is 1870. The Hall–Kier alpha value is -5.02. The molecule has 4 aromatic carbocycles. The van der Waals surface area contributed by atoms with Gasteiger partial charge in [0.25, 0.3) is 0 Å². The number of rotatable bonds is 9. The Morgan fingerprint density at radius 3 is 2.39 bits per heavy atom. The number of fused-ring (bicyclic) bond motifs is 1. The average Bonchev–Trinajstić information content (AvgIpc) is 3.54. The van der Waals surface area contributed by atoms with Crippen LogP contribution in [0.15, 0.2) is 103 Å². The number of esters is 1. The van der Waals surface area contributed by atoms with E-state index in [1.54, 1.807) is 60.7 Å². The second-order valence-electron chi connectivity index (χ2n) is 11.2. The van der Waals surface area contributed by atoms with Crippen LogP contribution in [0.2, 0.25) is 0 Å². The van der Waals surface area contributed by atoms with Crippen LogP contribution in [0.4, 0.5) is 13.2 Å². The van der Waals surface area contributed by atoms with Gasteiger partial charge in [0, 0.05) is 34.8 Å². The number of para-hydroxylation sites is 1. The fourth-order valence-electron chi connectivity index (χ4n) is 5.98. The summed E-state index contributed by atoms with van der Waals surface area (Å²) in [5.74, 6) is -0.0582. The van der Waals surface area contributed by atoms with E-state index in [2.05, 4.69) is 9.88 Å². The summed E-state index contributed by atoms with van der Waals surface area (Å²) >= 11 is 0. The van der Waals surface area contributed by atoms with E-state index in [1.165, 1.54) is 19.4 Å². The summed E-state index contributed by atoms with van der Waals surface area (Å²) in [5.41, 5.74) is 2.37. The molecule has 1 aromatic heterocycles. The minimum atomic E-state index is -4.62. The summed E-state index contributed by atoms with van der Waals surface area (Å²) in [6, 6.07) is 27.2. The lowest BCUT2D eigenvalue weighted by Crippen LogP contribution is -2.36. The van der Waals surface area contributed by atoms with Crippen LogP contribution in [0.5, 0.6) is 5.75 Å². The SMILES string of the molecule is COC(=O)[C@@H]1CCCN1Cc1ccc(COc2cccc(-c3c(C(=O)c4ccccc4)cnc4c(C(F)(F)F)cccc34)c2)cc1. The molecule has 6 rings (SSSR count). The number of halogens is 3. The third-order valence-corrected chi connectivity index (χ3v) is 8.26. The lowest BCUT2D eigenvalue weighted by atomic mass is 9.91. The molecule has 0 spiro atoms. The van der Waals surface area contributed by atoms with Crippen molar-refractivity contribution in [2.45, 2.75) is 38.2 Å². The van der Waals surface area contributed by atoms with Gasteiger partial charge in [-0.1, -0.05) is 78.9 Å². The molecule has 1 saturated heterocycles. The average molecular weight is 625 g/mol. The Balaban J connectivity index is 1.27. The van der Waals surface area contributed by atoms with Crippen LogP contribution in [0, 0.1) is 0 Å². The number of alkyl halides is 3. The zero-order chi connectivity index (χ0) is 32.3. The molecule has 234 valence electrons. The van der Waals surface area contributed by atoms with Crippen LogP contribution < -0.4 is 4.74 Å². The van der Waals surface area contributed by atoms with Crippen LogP contribution in [0.25, 0.3) is 22.0 Å². The number of pyridine rings is 1. The van der Waals surface area contributed by atoms with Gasteiger partial charge in [0.05, 0.1) is 18.2 Å². The normalized spacial score (nSPS) is 15.2. The highest BCUT2D eigenvalue weighted by Crippen LogP contribution is 2.39. The number of ether oxygens (including phenoxy) is 2. The summed E-state index contributed by atoms with van der Waals surface area (Å²) in [6.45, 7) is 1.73. The monoisotopic (exact) mass is 624 g/mol. The van der Waals surface area contributed by atoms with E-state index in [-0.39, 0.29) is 40.9 Å². The van der Waals surface area contributed by atoms with Gasteiger partial charge in [-0.05, 0) is 54.3 Å². The minimum Gasteiger partial charge on any atom is -0.489 e. The van der Waals surface area contributed by atoms with Crippen molar-refractivity contribution < 1.29 is 32.2 Å². The molecule has 0 unspecified atom stereocenters. The van der Waals surface area contributed by atoms with Gasteiger partial charge in [-0.2, -0.15) is 13.2 Å². The van der Waals surface area contributed by atoms with Gasteiger partial charge in [-0.3, -0.25) is 19.5 Å². The van der Waals surface area contributed by atoms with Crippen LogP contribution in [0.1, 0.15) is 45.5 Å². The van der Waals surface area contributed by atoms with Gasteiger partial charge in [0.15, 0.2) is 5.78 Å². The standard InChI is InChI=1S/C37H31F3N2O4/c1-45-36(44)32-14-7-19-42(32)22-24-15-17-25(18-16-24)23-46-28-11-5-10-27(20-28)33-29-12-6-13-31(37(38,39)40)34(29)41-21-30(33)35(43)26-8-3-2-4-9-26/h2-6,8-13,15-18,20-21,32H,7,14,19,22-23H2,1H3/t32-/m0/s1. The molecule has 0 aliphatic carbocycles. The van der Waals surface area contributed by atoms with Crippen molar-refractivity contribution in [2.75, 3.05) is 13.7 Å². The predicted molar refractivity (Wildman–Crippen MR) is 168 cm³/mol. The number of nitrogens with zero attached hydrogens (tertiary/aromatic N) is 2. The fourth-order valence-corrected chi connectivity index (χ4v) is 5.98. The van der Waals surface area contributed by atoms with Crippen molar-refractivity contribution in [3.8, 4) is 16.9 Å². The first-order valence-corrected chi connectivity index (χ1v) is 14.9. The molecule has 5 aromatic rings. The molecule has 1 fully saturated rings. The number of hydrogen-bond donors (Lipinski definition) is 0. The molecule has 46 heavy (non-hydrogen) atoms. The summed E-state index contributed by atoms with van der Waals surface area (Å²) in [7, 11) is 1.41. The smallest absolute Gasteiger partial charge is 0.418 e. The molecule has 0 amide bonds. The summed E-state index contributed by atoms with van der Waals surface area (Å²) in [5, 5.41) is 0.219. The van der Waals surface area contributed by atoms with Crippen molar-refractivity contribution in [2.24, 2.45) is 0 Å². The Labute approximate surface area is 264 Å². The topological polar surface area (TPSA) is 68.7 Å². The first kappa shape index (κ1) is 31.0. The molecule has 0 N–H and O–H groups in total. The van der Waals surface area contributed by atoms with Crippen molar-refractivity contribution in [1.82, 2.24) is 9.88 Å². The van der Waals surface area contributed by atoms with E-state index < -0.39 is 11.7 Å². The molecule has 1 atom stereocenters. The van der Waals surface area contributed by atoms with Gasteiger partial charge >= 0.3 is 12.1 Å². The minimum absolute atomic E-state index is 0.193. The maximum Gasteiger partial charge on any atom is 0.418 e. The Kier molecular flexibility index (Phi) is 8.85. The summed E-state index contributed by atoms with van der Waals surface area (Å²) in [4.78, 5) is 32.0. The second-order valence-corrected chi connectivity index (χ2v) is 11.2. The van der Waals surface area contributed by atoms with Gasteiger partial charge in [-0.25, -0.2) is 0 Å². The number of aromatic nitrogens is 1. The zero-order valence-corrected chi connectivity index (χ0v) is 25.1. The first-order valence-electron chi connectivity index (χ1n) is 14.9. The molecule has 2 heterocycles. The number of hydrogen-bond acceptors (Lipinski definition) is 6. The lowest BCUT2D eigenvalue weighted by molar-refractivity contribution is -0.146. The molecule has 6 nitrogen and oxygen atoms in total. The Morgan fingerprint density at radius 2 is 1.65 bits per heavy atom. The number of ketones is 1. The third kappa shape index (κ3) is 6.50. The maximum atomic E-state index is 13.9. The molecule has 0 radical (unpaired) electrons. The van der Waals surface area contributed by atoms with Crippen molar-refractivity contribution in [3.05, 3.63) is 131 Å². The van der Waals surface area contributed by atoms with Gasteiger partial charge < -0.3 is 9.47 Å². The van der Waals surface area contributed by atoms with Crippen LogP contribution >= 0.6 is 0 Å². The summed E-state index contributed by atoms with van der Waals surface area (Å²) < 4.78 is 52.9. The van der Waals surface area contributed by atoms with Crippen LogP contribution in [0.3, 0.4) is 0 Å². The number of methoxy groups -OCH3 is 1. The predicted octanol–water partition coefficient (Wildman–Crippen LogP) is 7.87. The fraction of sp³-hybridized carbons (Fsp3) is 0.216. The molecule has 9 heteroatoms. The molecule has 0 bridgehead atoms. The number of carbonyl (C=O) groups is 2. The summed E-state index contributed by atoms with van der Waals surface area (Å²) in [6.07, 6.45) is -1.65. The Morgan fingerprint density at radius 1 is 0.913 bits per heavy atom. The molecule has 1 aliphatic rings. The van der Waals surface area contributed by atoms with E-state index in [9.17, 15) is 22.8 Å². The van der Waals surface area contributed by atoms with Gasteiger partial charge in [0.1, 0.15) is 18.4 Å². The molecular weight excluding hydrogens is 593 g/mol. The molecule has 0 saturated carbocycles. The van der Waals surface area contributed by atoms with Crippen molar-refractivity contribution in [1.29, 1.82) is 0 Å². The van der Waals surface area contributed by atoms with E-state index >= 15 is 0 Å². The van der Waals surface area contributed by atoms with Crippen molar-refractivity contribution in [3.63, 3.8) is 0 Å². The molecular formula is C37H31F3N2O4. The van der Waals surface area contributed by atoms with E-state index in [4.69, 9.17) is 9.47 Å². The highest BCUT2D eigenvalue weighted by atomic mass is 19.4. The lowest BCUT2D eigenvalue weighted by Gasteiger charge is -2.22. The van der Waals surface area contributed by atoms with E-state index in [0.717, 1.165) is 36.6 Å². The van der Waals surface area contributed by atoms with E-state index in [1.807, 2.05) is 24.3 Å². The van der Waals surface area contributed by atoms with Gasteiger partial charge in [-0.15, -0.1) is 0 Å². The van der Waals surface area contributed by atoms with Crippen molar-refractivity contribution >= 4 is 22.7 Å². The number of benzene rings is 4. The quantitative estimate of drug-likeness (QED) is 0.123. The maximum absolute atomic E-state index is 13.9. The first-order chi connectivity index (χ1) is 22.2. The third-order valence-electron chi connectivity index (χ3n) is 8.26. The second kappa shape index (κ2) is 13.1. The number of carbonyl (C=O) groups excluding carboxylic acids is 2.